The lowest BCUT2D eigenvalue weighted by Gasteiger charge is -2.08. The predicted molar refractivity (Wildman–Crippen MR) is 73.9 cm³/mol. The molecule has 2 aromatic rings. The number of carbonyl (C=O) groups excluding carboxylic acids is 1. The van der Waals surface area contributed by atoms with E-state index >= 15 is 0 Å². The molecule has 19 heavy (non-hydrogen) atoms. The summed E-state index contributed by atoms with van der Waals surface area (Å²) in [6.45, 7) is 0.995. The molecule has 0 bridgehead atoms. The highest BCUT2D eigenvalue weighted by atomic mass is 32.1. The number of ether oxygens (including phenoxy) is 2. The number of hydrogen-bond acceptors (Lipinski definition) is 5. The Morgan fingerprint density at radius 1 is 1.42 bits per heavy atom. The van der Waals surface area contributed by atoms with Crippen molar-refractivity contribution in [2.24, 2.45) is 0 Å². The number of hydrogen-bond donors (Lipinski definition) is 1. The van der Waals surface area contributed by atoms with Crippen molar-refractivity contribution < 1.29 is 14.3 Å². The van der Waals surface area contributed by atoms with Crippen LogP contribution in [0.4, 0.5) is 5.69 Å². The third-order valence-corrected chi connectivity index (χ3v) is 2.90. The Bertz CT molecular complexity index is 528. The van der Waals surface area contributed by atoms with E-state index in [1.165, 1.54) is 11.3 Å². The number of rotatable bonds is 6. The van der Waals surface area contributed by atoms with Crippen LogP contribution in [-0.2, 0) is 4.74 Å². The second-order valence-corrected chi connectivity index (χ2v) is 4.42. The minimum atomic E-state index is -0.227. The molecule has 1 N–H and O–H groups in total. The quantitative estimate of drug-likeness (QED) is 0.824. The zero-order valence-electron chi connectivity index (χ0n) is 10.5. The molecule has 0 spiro atoms. The maximum absolute atomic E-state index is 11.8. The van der Waals surface area contributed by atoms with Crippen LogP contribution in [0.3, 0.4) is 0 Å². The van der Waals surface area contributed by atoms with Gasteiger partial charge in [-0.25, -0.2) is 4.98 Å². The minimum absolute atomic E-state index is 0.227. The molecule has 0 aliphatic heterocycles. The van der Waals surface area contributed by atoms with Gasteiger partial charge in [-0.15, -0.1) is 11.3 Å². The first-order chi connectivity index (χ1) is 9.29. The molecule has 1 aromatic heterocycles. The zero-order valence-corrected chi connectivity index (χ0v) is 11.3. The molecule has 1 heterocycles. The molecule has 1 amide bonds. The molecule has 0 unspecified atom stereocenters. The van der Waals surface area contributed by atoms with Crippen molar-refractivity contribution in [1.29, 1.82) is 0 Å². The van der Waals surface area contributed by atoms with Gasteiger partial charge in [-0.1, -0.05) is 6.07 Å². The first-order valence-corrected chi connectivity index (χ1v) is 6.65. The summed E-state index contributed by atoms with van der Waals surface area (Å²) in [5, 5.41) is 4.47. The molecule has 0 atom stereocenters. The third-order valence-electron chi connectivity index (χ3n) is 2.31. The fourth-order valence-electron chi connectivity index (χ4n) is 1.43. The molecular formula is C13H14N2O3S. The molecule has 100 valence electrons. The van der Waals surface area contributed by atoms with Crippen molar-refractivity contribution in [2.75, 3.05) is 25.6 Å². The highest BCUT2D eigenvalue weighted by molar-refractivity contribution is 7.07. The van der Waals surface area contributed by atoms with Crippen LogP contribution in [0.15, 0.2) is 35.2 Å². The highest BCUT2D eigenvalue weighted by Crippen LogP contribution is 2.18. The van der Waals surface area contributed by atoms with Crippen LogP contribution >= 0.6 is 11.3 Å². The monoisotopic (exact) mass is 278 g/mol. The predicted octanol–water partition coefficient (Wildman–Crippen LogP) is 2.42. The maximum Gasteiger partial charge on any atom is 0.275 e. The molecule has 0 fully saturated rings. The van der Waals surface area contributed by atoms with Gasteiger partial charge in [-0.3, -0.25) is 4.79 Å². The molecule has 2 rings (SSSR count). The standard InChI is InChI=1S/C13H14N2O3S/c1-17-5-6-18-11-4-2-3-10(7-11)15-13(16)12-8-19-9-14-12/h2-4,7-9H,5-6H2,1H3,(H,15,16). The first kappa shape index (κ1) is 13.5. The maximum atomic E-state index is 11.8. The van der Waals surface area contributed by atoms with E-state index in [2.05, 4.69) is 10.3 Å². The Morgan fingerprint density at radius 2 is 2.32 bits per heavy atom. The fourth-order valence-corrected chi connectivity index (χ4v) is 1.96. The summed E-state index contributed by atoms with van der Waals surface area (Å²) in [6.07, 6.45) is 0. The Kier molecular flexibility index (Phi) is 4.88. The number of carbonyl (C=O) groups is 1. The van der Waals surface area contributed by atoms with Crippen molar-refractivity contribution in [1.82, 2.24) is 4.98 Å². The van der Waals surface area contributed by atoms with Crippen molar-refractivity contribution in [3.05, 3.63) is 40.8 Å². The van der Waals surface area contributed by atoms with Gasteiger partial charge < -0.3 is 14.8 Å². The van der Waals surface area contributed by atoms with Crippen molar-refractivity contribution in [3.8, 4) is 5.75 Å². The van der Waals surface area contributed by atoms with E-state index in [0.717, 1.165) is 0 Å². The van der Waals surface area contributed by atoms with Crippen LogP contribution in [0.5, 0.6) is 5.75 Å². The lowest BCUT2D eigenvalue weighted by atomic mass is 10.3. The van der Waals surface area contributed by atoms with Gasteiger partial charge in [0.25, 0.3) is 5.91 Å². The molecule has 5 nitrogen and oxygen atoms in total. The van der Waals surface area contributed by atoms with E-state index in [1.807, 2.05) is 12.1 Å². The van der Waals surface area contributed by atoms with Gasteiger partial charge >= 0.3 is 0 Å². The Labute approximate surface area is 115 Å². The molecule has 1 aromatic carbocycles. The number of thiazole rings is 1. The van der Waals surface area contributed by atoms with Crippen LogP contribution in [0, 0.1) is 0 Å². The summed E-state index contributed by atoms with van der Waals surface area (Å²) in [5.74, 6) is 0.461. The van der Waals surface area contributed by atoms with Gasteiger partial charge in [0.15, 0.2) is 0 Å². The molecule has 0 radical (unpaired) electrons. The number of methoxy groups -OCH3 is 1. The van der Waals surface area contributed by atoms with Gasteiger partial charge in [0.1, 0.15) is 18.1 Å². The largest absolute Gasteiger partial charge is 0.491 e. The van der Waals surface area contributed by atoms with Gasteiger partial charge in [-0.05, 0) is 12.1 Å². The topological polar surface area (TPSA) is 60.5 Å². The van der Waals surface area contributed by atoms with E-state index in [0.29, 0.717) is 30.3 Å². The summed E-state index contributed by atoms with van der Waals surface area (Å²) in [5.41, 5.74) is 2.71. The first-order valence-electron chi connectivity index (χ1n) is 5.71. The molecule has 0 saturated heterocycles. The van der Waals surface area contributed by atoms with E-state index in [1.54, 1.807) is 30.1 Å². The number of anilines is 1. The summed E-state index contributed by atoms with van der Waals surface area (Å²) in [4.78, 5) is 15.8. The van der Waals surface area contributed by atoms with Crippen LogP contribution in [-0.4, -0.2) is 31.2 Å². The molecule has 0 aliphatic carbocycles. The second-order valence-electron chi connectivity index (χ2n) is 3.70. The number of nitrogens with one attached hydrogen (secondary N) is 1. The molecule has 0 aliphatic rings. The number of aromatic nitrogens is 1. The summed E-state index contributed by atoms with van der Waals surface area (Å²) in [6, 6.07) is 7.21. The molecule has 6 heteroatoms. The SMILES string of the molecule is COCCOc1cccc(NC(=O)c2cscn2)c1. The van der Waals surface area contributed by atoms with Crippen molar-refractivity contribution >= 4 is 22.9 Å². The lowest BCUT2D eigenvalue weighted by Crippen LogP contribution is -2.12. The Morgan fingerprint density at radius 3 is 3.05 bits per heavy atom. The average molecular weight is 278 g/mol. The van der Waals surface area contributed by atoms with E-state index in [9.17, 15) is 4.79 Å². The van der Waals surface area contributed by atoms with Crippen LogP contribution < -0.4 is 10.1 Å². The van der Waals surface area contributed by atoms with Gasteiger partial charge in [0.05, 0.1) is 12.1 Å². The van der Waals surface area contributed by atoms with E-state index in [4.69, 9.17) is 9.47 Å². The zero-order chi connectivity index (χ0) is 13.5. The lowest BCUT2D eigenvalue weighted by molar-refractivity contribution is 0.102. The van der Waals surface area contributed by atoms with E-state index in [-0.39, 0.29) is 5.91 Å². The molecular weight excluding hydrogens is 264 g/mol. The summed E-state index contributed by atoms with van der Waals surface area (Å²) < 4.78 is 10.4. The number of nitrogens with zero attached hydrogens (tertiary/aromatic N) is 1. The van der Waals surface area contributed by atoms with E-state index < -0.39 is 0 Å². The minimum Gasteiger partial charge on any atom is -0.491 e. The smallest absolute Gasteiger partial charge is 0.275 e. The third kappa shape index (κ3) is 4.04. The van der Waals surface area contributed by atoms with Crippen LogP contribution in [0.1, 0.15) is 10.5 Å². The Balaban J connectivity index is 1.97. The van der Waals surface area contributed by atoms with Crippen molar-refractivity contribution in [3.63, 3.8) is 0 Å². The number of amides is 1. The second kappa shape index (κ2) is 6.86. The Hall–Kier alpha value is -1.92. The van der Waals surface area contributed by atoms with Gasteiger partial charge in [-0.2, -0.15) is 0 Å². The number of benzene rings is 1. The summed E-state index contributed by atoms with van der Waals surface area (Å²) >= 11 is 1.38. The van der Waals surface area contributed by atoms with Gasteiger partial charge in [0.2, 0.25) is 0 Å². The normalized spacial score (nSPS) is 10.2. The average Bonchev–Trinajstić information content (AvgIpc) is 2.93. The van der Waals surface area contributed by atoms with Crippen molar-refractivity contribution in [2.45, 2.75) is 0 Å². The van der Waals surface area contributed by atoms with Gasteiger partial charge in [0, 0.05) is 24.2 Å². The molecule has 0 saturated carbocycles. The highest BCUT2D eigenvalue weighted by Gasteiger charge is 2.08. The van der Waals surface area contributed by atoms with Crippen LogP contribution in [0.25, 0.3) is 0 Å². The fraction of sp³-hybridized carbons (Fsp3) is 0.231. The van der Waals surface area contributed by atoms with Crippen LogP contribution in [0.2, 0.25) is 0 Å². The summed E-state index contributed by atoms with van der Waals surface area (Å²) in [7, 11) is 1.62.